The third-order valence-corrected chi connectivity index (χ3v) is 8.16. The van der Waals surface area contributed by atoms with Gasteiger partial charge in [0.05, 0.1) is 11.8 Å². The molecule has 2 aromatic rings. The second-order valence-corrected chi connectivity index (χ2v) is 10.0. The van der Waals surface area contributed by atoms with Gasteiger partial charge in [-0.1, -0.05) is 36.4 Å². The average Bonchev–Trinajstić information content (AvgIpc) is 3.21. The molecule has 3 rings (SSSR count). The first-order chi connectivity index (χ1) is 12.9. The summed E-state index contributed by atoms with van der Waals surface area (Å²) in [7, 11) is -1.51. The van der Waals surface area contributed by atoms with E-state index in [1.807, 2.05) is 61.8 Å². The van der Waals surface area contributed by atoms with Crippen LogP contribution in [0.5, 0.6) is 0 Å². The van der Waals surface area contributed by atoms with E-state index in [-0.39, 0.29) is 23.6 Å². The second kappa shape index (κ2) is 8.54. The number of nitrogens with zero attached hydrogens (tertiary/aromatic N) is 2. The number of hydrogen-bond donors (Lipinski definition) is 0. The Morgan fingerprint density at radius 1 is 1.19 bits per heavy atom. The molecule has 1 aliphatic rings. The molecule has 1 atom stereocenters. The molecule has 1 aliphatic heterocycles. The first kappa shape index (κ1) is 20.0. The van der Waals surface area contributed by atoms with E-state index in [1.165, 1.54) is 4.31 Å². The molecule has 1 aromatic carbocycles. The number of sulfonamides is 1. The van der Waals surface area contributed by atoms with Crippen molar-refractivity contribution in [3.63, 3.8) is 0 Å². The van der Waals surface area contributed by atoms with E-state index in [0.717, 1.165) is 10.4 Å². The maximum atomic E-state index is 12.8. The smallest absolute Gasteiger partial charge is 0.226 e. The Morgan fingerprint density at radius 2 is 1.85 bits per heavy atom. The van der Waals surface area contributed by atoms with Gasteiger partial charge in [-0.2, -0.15) is 0 Å². The molecule has 0 saturated carbocycles. The van der Waals surface area contributed by atoms with Gasteiger partial charge in [0.2, 0.25) is 15.9 Å². The van der Waals surface area contributed by atoms with Gasteiger partial charge >= 0.3 is 0 Å². The molecule has 0 radical (unpaired) electrons. The summed E-state index contributed by atoms with van der Waals surface area (Å²) in [6.07, 6.45) is 1.16. The molecule has 0 aliphatic carbocycles. The van der Waals surface area contributed by atoms with Crippen LogP contribution in [0.4, 0.5) is 0 Å². The zero-order valence-electron chi connectivity index (χ0n) is 15.7. The molecule has 0 spiro atoms. The first-order valence-electron chi connectivity index (χ1n) is 9.20. The molecule has 1 amide bonds. The van der Waals surface area contributed by atoms with Crippen molar-refractivity contribution in [2.45, 2.75) is 31.6 Å². The topological polar surface area (TPSA) is 57.7 Å². The maximum absolute atomic E-state index is 12.8. The lowest BCUT2D eigenvalue weighted by Gasteiger charge is -2.34. The van der Waals surface area contributed by atoms with E-state index in [4.69, 9.17) is 0 Å². The van der Waals surface area contributed by atoms with E-state index in [2.05, 4.69) is 0 Å². The zero-order chi connectivity index (χ0) is 19.4. The minimum atomic E-state index is -3.35. The Labute approximate surface area is 165 Å². The van der Waals surface area contributed by atoms with Gasteiger partial charge in [-0.05, 0) is 36.8 Å². The lowest BCUT2D eigenvalue weighted by atomic mass is 9.96. The third kappa shape index (κ3) is 4.78. The minimum absolute atomic E-state index is 0.0156. The van der Waals surface area contributed by atoms with Gasteiger partial charge in [0.1, 0.15) is 0 Å². The highest BCUT2D eigenvalue weighted by atomic mass is 32.2. The molecular weight excluding hydrogens is 380 g/mol. The van der Waals surface area contributed by atoms with Crippen LogP contribution >= 0.6 is 11.3 Å². The van der Waals surface area contributed by atoms with Crippen molar-refractivity contribution in [1.29, 1.82) is 0 Å². The fraction of sp³-hybridized carbons (Fsp3) is 0.450. The van der Waals surface area contributed by atoms with Gasteiger partial charge in [0.25, 0.3) is 0 Å². The molecule has 1 saturated heterocycles. The Balaban J connectivity index is 1.57. The van der Waals surface area contributed by atoms with Crippen LogP contribution in [0.2, 0.25) is 0 Å². The van der Waals surface area contributed by atoms with Gasteiger partial charge in [0, 0.05) is 30.9 Å². The summed E-state index contributed by atoms with van der Waals surface area (Å²) in [4.78, 5) is 15.8. The van der Waals surface area contributed by atoms with Gasteiger partial charge in [0.15, 0.2) is 0 Å². The van der Waals surface area contributed by atoms with Crippen LogP contribution in [0.3, 0.4) is 0 Å². The number of carbonyl (C=O) groups is 1. The molecule has 2 heterocycles. The SMILES string of the molecule is CC(c1cccs1)N(C)C(=O)C1CCN(S(=O)(=O)Cc2ccccc2)CC1. The minimum Gasteiger partial charge on any atom is -0.338 e. The van der Waals surface area contributed by atoms with Crippen LogP contribution in [0.25, 0.3) is 0 Å². The molecule has 1 unspecified atom stereocenters. The molecule has 7 heteroatoms. The zero-order valence-corrected chi connectivity index (χ0v) is 17.4. The first-order valence-corrected chi connectivity index (χ1v) is 11.7. The normalized spacial score (nSPS) is 17.6. The Morgan fingerprint density at radius 3 is 2.44 bits per heavy atom. The highest BCUT2D eigenvalue weighted by molar-refractivity contribution is 7.88. The molecule has 0 bridgehead atoms. The van der Waals surface area contributed by atoms with Crippen LogP contribution in [0, 0.1) is 5.92 Å². The summed E-state index contributed by atoms with van der Waals surface area (Å²) < 4.78 is 26.9. The van der Waals surface area contributed by atoms with Crippen LogP contribution in [0.1, 0.15) is 36.2 Å². The molecule has 146 valence electrons. The predicted octanol–water partition coefficient (Wildman–Crippen LogP) is 3.51. The summed E-state index contributed by atoms with van der Waals surface area (Å²) in [5.74, 6) is 0.0125. The van der Waals surface area contributed by atoms with Crippen molar-refractivity contribution >= 4 is 27.3 Å². The molecule has 5 nitrogen and oxygen atoms in total. The van der Waals surface area contributed by atoms with Gasteiger partial charge in [-0.3, -0.25) is 4.79 Å². The number of carbonyl (C=O) groups excluding carboxylic acids is 1. The lowest BCUT2D eigenvalue weighted by molar-refractivity contribution is -0.137. The van der Waals surface area contributed by atoms with E-state index in [0.29, 0.717) is 25.9 Å². The highest BCUT2D eigenvalue weighted by Crippen LogP contribution is 2.28. The van der Waals surface area contributed by atoms with Crippen LogP contribution in [-0.4, -0.2) is 43.7 Å². The second-order valence-electron chi connectivity index (χ2n) is 7.06. The van der Waals surface area contributed by atoms with Crippen molar-refractivity contribution in [2.75, 3.05) is 20.1 Å². The predicted molar refractivity (Wildman–Crippen MR) is 109 cm³/mol. The van der Waals surface area contributed by atoms with Crippen molar-refractivity contribution < 1.29 is 13.2 Å². The number of piperidine rings is 1. The summed E-state index contributed by atoms with van der Waals surface area (Å²) in [6, 6.07) is 13.3. The Kier molecular flexibility index (Phi) is 6.34. The van der Waals surface area contributed by atoms with E-state index in [1.54, 1.807) is 16.2 Å². The number of amides is 1. The highest BCUT2D eigenvalue weighted by Gasteiger charge is 2.33. The van der Waals surface area contributed by atoms with Gasteiger partial charge in [-0.15, -0.1) is 11.3 Å². The van der Waals surface area contributed by atoms with Crippen LogP contribution in [-0.2, 0) is 20.6 Å². The van der Waals surface area contributed by atoms with Gasteiger partial charge in [-0.25, -0.2) is 12.7 Å². The maximum Gasteiger partial charge on any atom is 0.226 e. The molecular formula is C20H26N2O3S2. The lowest BCUT2D eigenvalue weighted by Crippen LogP contribution is -2.44. The van der Waals surface area contributed by atoms with E-state index < -0.39 is 10.0 Å². The van der Waals surface area contributed by atoms with Crippen molar-refractivity contribution in [3.05, 3.63) is 58.3 Å². The number of hydrogen-bond acceptors (Lipinski definition) is 4. The number of thiophene rings is 1. The van der Waals surface area contributed by atoms with Crippen LogP contribution in [0.15, 0.2) is 47.8 Å². The van der Waals surface area contributed by atoms with Gasteiger partial charge < -0.3 is 4.90 Å². The summed E-state index contributed by atoms with van der Waals surface area (Å²) >= 11 is 1.65. The number of rotatable bonds is 6. The Bertz CT molecular complexity index is 843. The number of benzene rings is 1. The monoisotopic (exact) mass is 406 g/mol. The third-order valence-electron chi connectivity index (χ3n) is 5.27. The molecule has 0 N–H and O–H groups in total. The fourth-order valence-corrected chi connectivity index (χ4v) is 5.85. The average molecular weight is 407 g/mol. The summed E-state index contributed by atoms with van der Waals surface area (Å²) in [6.45, 7) is 2.85. The Hall–Kier alpha value is -1.70. The molecule has 27 heavy (non-hydrogen) atoms. The quantitative estimate of drug-likeness (QED) is 0.738. The van der Waals surface area contributed by atoms with Crippen molar-refractivity contribution in [3.8, 4) is 0 Å². The summed E-state index contributed by atoms with van der Waals surface area (Å²) in [5, 5.41) is 2.01. The molecule has 1 aromatic heterocycles. The molecule has 1 fully saturated rings. The fourth-order valence-electron chi connectivity index (χ4n) is 3.46. The standard InChI is InChI=1S/C20H26N2O3S2/c1-16(19-9-6-14-26-19)21(2)20(23)18-10-12-22(13-11-18)27(24,25)15-17-7-4-3-5-8-17/h3-9,14,16,18H,10-13,15H2,1-2H3. The van der Waals surface area contributed by atoms with Crippen molar-refractivity contribution in [2.24, 2.45) is 5.92 Å². The van der Waals surface area contributed by atoms with E-state index in [9.17, 15) is 13.2 Å². The van der Waals surface area contributed by atoms with Crippen LogP contribution < -0.4 is 0 Å². The van der Waals surface area contributed by atoms with E-state index >= 15 is 0 Å². The van der Waals surface area contributed by atoms with Crippen molar-refractivity contribution in [1.82, 2.24) is 9.21 Å². The largest absolute Gasteiger partial charge is 0.338 e. The summed E-state index contributed by atoms with van der Waals surface area (Å²) in [5.41, 5.74) is 0.792.